The maximum atomic E-state index is 9.30. The van der Waals surface area contributed by atoms with Crippen LogP contribution in [0, 0.1) is 0 Å². The van der Waals surface area contributed by atoms with Gasteiger partial charge in [0.2, 0.25) is 0 Å². The molecule has 0 saturated carbocycles. The molecule has 2 atom stereocenters. The van der Waals surface area contributed by atoms with Crippen LogP contribution in [0.2, 0.25) is 0 Å². The lowest BCUT2D eigenvalue weighted by atomic mass is 9.89. The third-order valence-corrected chi connectivity index (χ3v) is 3.95. The van der Waals surface area contributed by atoms with Crippen molar-refractivity contribution in [1.82, 2.24) is 5.32 Å². The minimum atomic E-state index is -0.00367. The average molecular weight is 263 g/mol. The molecule has 2 unspecified atom stereocenters. The fourth-order valence-electron chi connectivity index (χ4n) is 2.83. The highest BCUT2D eigenvalue weighted by atomic mass is 16.5. The maximum Gasteiger partial charge on any atom is 0.0638 e. The molecule has 2 N–H and O–H groups in total. The van der Waals surface area contributed by atoms with E-state index in [1.165, 1.54) is 42.4 Å². The van der Waals surface area contributed by atoms with Crippen LogP contribution in [-0.2, 0) is 17.6 Å². The number of fused-ring (bicyclic) bond motifs is 1. The van der Waals surface area contributed by atoms with Crippen molar-refractivity contribution in [3.8, 4) is 0 Å². The number of ether oxygens (including phenoxy) is 1. The van der Waals surface area contributed by atoms with Crippen molar-refractivity contribution in [1.29, 1.82) is 0 Å². The summed E-state index contributed by atoms with van der Waals surface area (Å²) >= 11 is 0. The van der Waals surface area contributed by atoms with Crippen molar-refractivity contribution in [3.63, 3.8) is 0 Å². The number of hydrogen-bond acceptors (Lipinski definition) is 3. The van der Waals surface area contributed by atoms with Crippen LogP contribution in [0.25, 0.3) is 0 Å². The van der Waals surface area contributed by atoms with E-state index in [1.807, 2.05) is 0 Å². The lowest BCUT2D eigenvalue weighted by Crippen LogP contribution is -2.38. The van der Waals surface area contributed by atoms with Crippen LogP contribution in [0.3, 0.4) is 0 Å². The SMILES string of the molecule is COCC(CO)NC(C)c1ccc2c(c1)CCCC2. The van der Waals surface area contributed by atoms with Gasteiger partial charge in [0.15, 0.2) is 0 Å². The van der Waals surface area contributed by atoms with Gasteiger partial charge in [0.25, 0.3) is 0 Å². The molecule has 0 amide bonds. The molecule has 2 rings (SSSR count). The van der Waals surface area contributed by atoms with Gasteiger partial charge >= 0.3 is 0 Å². The Kier molecular flexibility index (Phi) is 5.37. The lowest BCUT2D eigenvalue weighted by Gasteiger charge is -2.23. The molecule has 0 bridgehead atoms. The van der Waals surface area contributed by atoms with Gasteiger partial charge in [-0.2, -0.15) is 0 Å². The van der Waals surface area contributed by atoms with E-state index in [0.29, 0.717) is 6.61 Å². The predicted octanol–water partition coefficient (Wildman–Crippen LogP) is 2.22. The minimum absolute atomic E-state index is 0.00367. The number of benzene rings is 1. The van der Waals surface area contributed by atoms with Crippen LogP contribution in [0.15, 0.2) is 18.2 Å². The summed E-state index contributed by atoms with van der Waals surface area (Å²) in [6, 6.07) is 7.04. The van der Waals surface area contributed by atoms with Crippen LogP contribution < -0.4 is 5.32 Å². The van der Waals surface area contributed by atoms with Gasteiger partial charge in [0.05, 0.1) is 19.3 Å². The first kappa shape index (κ1) is 14.5. The summed E-state index contributed by atoms with van der Waals surface area (Å²) in [4.78, 5) is 0. The van der Waals surface area contributed by atoms with E-state index >= 15 is 0 Å². The van der Waals surface area contributed by atoms with E-state index in [0.717, 1.165) is 0 Å². The lowest BCUT2D eigenvalue weighted by molar-refractivity contribution is 0.123. The highest BCUT2D eigenvalue weighted by molar-refractivity contribution is 5.35. The van der Waals surface area contributed by atoms with Crippen molar-refractivity contribution < 1.29 is 9.84 Å². The fourth-order valence-corrected chi connectivity index (χ4v) is 2.83. The van der Waals surface area contributed by atoms with Crippen LogP contribution in [0.5, 0.6) is 0 Å². The van der Waals surface area contributed by atoms with E-state index in [2.05, 4.69) is 30.4 Å². The monoisotopic (exact) mass is 263 g/mol. The number of aryl methyl sites for hydroxylation is 2. The van der Waals surface area contributed by atoms with Crippen molar-refractivity contribution in [3.05, 3.63) is 34.9 Å². The molecule has 1 aromatic rings. The molecule has 19 heavy (non-hydrogen) atoms. The molecular weight excluding hydrogens is 238 g/mol. The van der Waals surface area contributed by atoms with Crippen LogP contribution in [-0.4, -0.2) is 31.5 Å². The van der Waals surface area contributed by atoms with E-state index < -0.39 is 0 Å². The Balaban J connectivity index is 2.04. The first-order valence-electron chi connectivity index (χ1n) is 7.22. The topological polar surface area (TPSA) is 41.5 Å². The van der Waals surface area contributed by atoms with Crippen LogP contribution in [0.1, 0.15) is 42.5 Å². The van der Waals surface area contributed by atoms with Gasteiger partial charge < -0.3 is 15.2 Å². The molecule has 3 nitrogen and oxygen atoms in total. The molecule has 1 aliphatic rings. The first-order chi connectivity index (χ1) is 9.24. The van der Waals surface area contributed by atoms with Gasteiger partial charge in [-0.3, -0.25) is 0 Å². The number of nitrogens with one attached hydrogen (secondary N) is 1. The summed E-state index contributed by atoms with van der Waals surface area (Å²) < 4.78 is 5.10. The molecule has 0 fully saturated rings. The largest absolute Gasteiger partial charge is 0.395 e. The van der Waals surface area contributed by atoms with E-state index in [1.54, 1.807) is 7.11 Å². The Labute approximate surface area is 116 Å². The molecule has 0 saturated heterocycles. The van der Waals surface area contributed by atoms with Gasteiger partial charge in [-0.15, -0.1) is 0 Å². The van der Waals surface area contributed by atoms with Crippen molar-refractivity contribution in [2.24, 2.45) is 0 Å². The normalized spacial score (nSPS) is 17.8. The summed E-state index contributed by atoms with van der Waals surface area (Å²) in [6.07, 6.45) is 5.06. The van der Waals surface area contributed by atoms with Crippen molar-refractivity contribution in [2.75, 3.05) is 20.3 Å². The zero-order chi connectivity index (χ0) is 13.7. The summed E-state index contributed by atoms with van der Waals surface area (Å²) in [5.41, 5.74) is 4.32. The summed E-state index contributed by atoms with van der Waals surface area (Å²) in [7, 11) is 1.66. The van der Waals surface area contributed by atoms with Gasteiger partial charge in [0.1, 0.15) is 0 Å². The van der Waals surface area contributed by atoms with Gasteiger partial charge in [0, 0.05) is 13.2 Å². The smallest absolute Gasteiger partial charge is 0.0638 e. The number of aliphatic hydroxyl groups is 1. The Morgan fingerprint density at radius 2 is 2.00 bits per heavy atom. The molecule has 106 valence electrons. The van der Waals surface area contributed by atoms with Crippen molar-refractivity contribution >= 4 is 0 Å². The number of rotatable bonds is 6. The number of methoxy groups -OCH3 is 1. The Bertz CT molecular complexity index is 406. The third-order valence-electron chi connectivity index (χ3n) is 3.95. The minimum Gasteiger partial charge on any atom is -0.395 e. The van der Waals surface area contributed by atoms with Gasteiger partial charge in [-0.05, 0) is 49.3 Å². The standard InChI is InChI=1S/C16H25NO2/c1-12(17-16(10-18)11-19-2)14-8-7-13-5-3-4-6-15(13)9-14/h7-9,12,16-18H,3-6,10-11H2,1-2H3. The molecular formula is C16H25NO2. The predicted molar refractivity (Wildman–Crippen MR) is 77.4 cm³/mol. The summed E-state index contributed by atoms with van der Waals surface area (Å²) in [6.45, 7) is 2.78. The summed E-state index contributed by atoms with van der Waals surface area (Å²) in [5.74, 6) is 0. The second-order valence-electron chi connectivity index (χ2n) is 5.46. The van der Waals surface area contributed by atoms with Crippen LogP contribution >= 0.6 is 0 Å². The van der Waals surface area contributed by atoms with Crippen molar-refractivity contribution in [2.45, 2.75) is 44.7 Å². The third kappa shape index (κ3) is 3.78. The maximum absolute atomic E-state index is 9.30. The number of hydrogen-bond donors (Lipinski definition) is 2. The Hall–Kier alpha value is -0.900. The molecule has 1 aromatic carbocycles. The Morgan fingerprint density at radius 1 is 1.26 bits per heavy atom. The highest BCUT2D eigenvalue weighted by Crippen LogP contribution is 2.24. The average Bonchev–Trinajstić information content (AvgIpc) is 2.46. The number of aliphatic hydroxyl groups excluding tert-OH is 1. The van der Waals surface area contributed by atoms with E-state index in [-0.39, 0.29) is 18.7 Å². The second-order valence-corrected chi connectivity index (χ2v) is 5.46. The zero-order valence-electron chi connectivity index (χ0n) is 12.0. The first-order valence-corrected chi connectivity index (χ1v) is 7.22. The Morgan fingerprint density at radius 3 is 2.68 bits per heavy atom. The van der Waals surface area contributed by atoms with Crippen LogP contribution in [0.4, 0.5) is 0 Å². The van der Waals surface area contributed by atoms with E-state index in [4.69, 9.17) is 4.74 Å². The molecule has 0 heterocycles. The second kappa shape index (κ2) is 7.04. The van der Waals surface area contributed by atoms with E-state index in [9.17, 15) is 5.11 Å². The molecule has 0 spiro atoms. The molecule has 3 heteroatoms. The molecule has 0 aromatic heterocycles. The molecule has 0 aliphatic heterocycles. The fraction of sp³-hybridized carbons (Fsp3) is 0.625. The molecule has 0 radical (unpaired) electrons. The highest BCUT2D eigenvalue weighted by Gasteiger charge is 2.15. The quantitative estimate of drug-likeness (QED) is 0.827. The van der Waals surface area contributed by atoms with Gasteiger partial charge in [-0.25, -0.2) is 0 Å². The molecule has 1 aliphatic carbocycles. The summed E-state index contributed by atoms with van der Waals surface area (Å²) in [5, 5.41) is 12.7. The van der Waals surface area contributed by atoms with Gasteiger partial charge in [-0.1, -0.05) is 18.2 Å². The zero-order valence-corrected chi connectivity index (χ0v) is 12.0.